The average Bonchev–Trinajstić information content (AvgIpc) is 2.78. The molecule has 0 radical (unpaired) electrons. The zero-order valence-corrected chi connectivity index (χ0v) is 23.0. The predicted molar refractivity (Wildman–Crippen MR) is 135 cm³/mol. The van der Waals surface area contributed by atoms with Gasteiger partial charge in [-0.3, -0.25) is 0 Å². The van der Waals surface area contributed by atoms with Gasteiger partial charge in [0.1, 0.15) is 11.5 Å². The Balaban J connectivity index is 1.74. The van der Waals surface area contributed by atoms with E-state index in [0.717, 1.165) is 18.6 Å². The van der Waals surface area contributed by atoms with Crippen molar-refractivity contribution in [3.8, 4) is 28.7 Å². The Hall–Kier alpha value is -1.53. The standard InChI is InChI=1S/C25H18I3O3/c1-29-25-23(30-21-11-7-17(26)8-12-21)15-20(28-19-5-3-2-4-6-19)16-24(25)31-22-13-9-18(27)10-14-22/h2-16H,1H3/q+1. The quantitative estimate of drug-likeness (QED) is 0.259. The number of hydrogen-bond donors (Lipinski definition) is 0. The van der Waals surface area contributed by atoms with Crippen LogP contribution in [0.1, 0.15) is 0 Å². The molecule has 0 N–H and O–H groups in total. The number of benzene rings is 4. The van der Waals surface area contributed by atoms with Crippen molar-refractivity contribution in [2.45, 2.75) is 0 Å². The van der Waals surface area contributed by atoms with E-state index in [9.17, 15) is 0 Å². The van der Waals surface area contributed by atoms with E-state index in [1.54, 1.807) is 7.11 Å². The Bertz CT molecular complexity index is 1080. The number of hydrogen-bond acceptors (Lipinski definition) is 3. The topological polar surface area (TPSA) is 27.7 Å². The van der Waals surface area contributed by atoms with Crippen molar-refractivity contribution in [2.24, 2.45) is 0 Å². The summed E-state index contributed by atoms with van der Waals surface area (Å²) in [4.78, 5) is 0. The fourth-order valence-corrected chi connectivity index (χ4v) is 5.91. The molecule has 4 aromatic rings. The summed E-state index contributed by atoms with van der Waals surface area (Å²) in [5.41, 5.74) is 0. The van der Waals surface area contributed by atoms with Gasteiger partial charge in [0, 0.05) is 19.3 Å². The second kappa shape index (κ2) is 10.9. The molecule has 156 valence electrons. The molecule has 0 aliphatic carbocycles. The lowest BCUT2D eigenvalue weighted by Crippen LogP contribution is -3.61. The first-order valence-corrected chi connectivity index (χ1v) is 13.7. The molecule has 3 nitrogen and oxygen atoms in total. The molecule has 0 heterocycles. The van der Waals surface area contributed by atoms with Crippen molar-refractivity contribution in [3.63, 3.8) is 0 Å². The van der Waals surface area contributed by atoms with Crippen LogP contribution in [-0.4, -0.2) is 7.11 Å². The first-order chi connectivity index (χ1) is 15.1. The van der Waals surface area contributed by atoms with E-state index >= 15 is 0 Å². The molecule has 0 aliphatic rings. The summed E-state index contributed by atoms with van der Waals surface area (Å²) in [5.74, 6) is 3.40. The van der Waals surface area contributed by atoms with Crippen molar-refractivity contribution in [1.29, 1.82) is 0 Å². The highest BCUT2D eigenvalue weighted by molar-refractivity contribution is 14.1. The molecule has 0 saturated carbocycles. The molecular weight excluding hydrogens is 729 g/mol. The van der Waals surface area contributed by atoms with Gasteiger partial charge in [0.25, 0.3) is 0 Å². The molecule has 0 spiro atoms. The maximum atomic E-state index is 6.24. The van der Waals surface area contributed by atoms with Crippen LogP contribution in [0.2, 0.25) is 0 Å². The lowest BCUT2D eigenvalue weighted by molar-refractivity contribution is -0.597. The van der Waals surface area contributed by atoms with Gasteiger partial charge >= 0.3 is 21.2 Å². The van der Waals surface area contributed by atoms with Crippen LogP contribution in [0.5, 0.6) is 28.7 Å². The van der Waals surface area contributed by atoms with Gasteiger partial charge in [-0.05, 0) is 106 Å². The molecule has 0 atom stereocenters. The number of rotatable bonds is 7. The van der Waals surface area contributed by atoms with E-state index in [1.807, 2.05) is 54.6 Å². The van der Waals surface area contributed by atoms with Gasteiger partial charge in [0.15, 0.2) is 15.1 Å². The fraction of sp³-hybridized carbons (Fsp3) is 0.0400. The number of methoxy groups -OCH3 is 1. The largest absolute Gasteiger partial charge is 0.490 e. The smallest absolute Gasteiger partial charge is 0.358 e. The third-order valence-corrected chi connectivity index (χ3v) is 8.25. The van der Waals surface area contributed by atoms with E-state index in [0.29, 0.717) is 17.2 Å². The molecule has 0 amide bonds. The Kier molecular flexibility index (Phi) is 7.94. The molecule has 0 saturated heterocycles. The molecular formula is C25H18I3O3+. The van der Waals surface area contributed by atoms with Crippen LogP contribution in [0.4, 0.5) is 0 Å². The highest BCUT2D eigenvalue weighted by Gasteiger charge is 2.24. The predicted octanol–water partition coefficient (Wildman–Crippen LogP) is 4.62. The zero-order chi connectivity index (χ0) is 21.6. The summed E-state index contributed by atoms with van der Waals surface area (Å²) in [6.45, 7) is 0. The summed E-state index contributed by atoms with van der Waals surface area (Å²) >= 11 is 4.16. The van der Waals surface area contributed by atoms with Gasteiger partial charge in [-0.1, -0.05) is 18.2 Å². The van der Waals surface area contributed by atoms with Crippen LogP contribution < -0.4 is 35.4 Å². The average molecular weight is 747 g/mol. The minimum absolute atomic E-state index is 0.404. The van der Waals surface area contributed by atoms with Gasteiger partial charge < -0.3 is 14.2 Å². The molecule has 4 rings (SSSR count). The van der Waals surface area contributed by atoms with E-state index in [-0.39, 0.29) is 0 Å². The van der Waals surface area contributed by atoms with Crippen molar-refractivity contribution in [1.82, 2.24) is 0 Å². The van der Waals surface area contributed by atoms with E-state index in [2.05, 4.69) is 81.6 Å². The van der Waals surface area contributed by atoms with Crippen molar-refractivity contribution >= 4 is 45.2 Å². The lowest BCUT2D eigenvalue weighted by Gasteiger charge is -2.15. The van der Waals surface area contributed by atoms with Gasteiger partial charge in [0.2, 0.25) is 9.32 Å². The second-order valence-electron chi connectivity index (χ2n) is 6.44. The van der Waals surface area contributed by atoms with Crippen molar-refractivity contribution in [2.75, 3.05) is 7.11 Å². The van der Waals surface area contributed by atoms with Crippen molar-refractivity contribution in [3.05, 3.63) is 105 Å². The van der Waals surface area contributed by atoms with Crippen LogP contribution in [-0.2, 0) is 0 Å². The molecule has 6 heteroatoms. The summed E-state index contributed by atoms with van der Waals surface area (Å²) in [6.07, 6.45) is 0. The molecule has 0 bridgehead atoms. The van der Waals surface area contributed by atoms with Gasteiger partial charge in [0.05, 0.1) is 7.11 Å². The molecule has 0 aromatic heterocycles. The third-order valence-electron chi connectivity index (χ3n) is 4.22. The summed E-state index contributed by atoms with van der Waals surface area (Å²) in [6, 6.07) is 30.6. The van der Waals surface area contributed by atoms with Crippen LogP contribution in [0.3, 0.4) is 0 Å². The van der Waals surface area contributed by atoms with Crippen LogP contribution in [0.15, 0.2) is 91.0 Å². The second-order valence-corrected chi connectivity index (χ2v) is 12.0. The van der Waals surface area contributed by atoms with Gasteiger partial charge in [-0.2, -0.15) is 0 Å². The lowest BCUT2D eigenvalue weighted by atomic mass is 10.2. The van der Waals surface area contributed by atoms with E-state index in [1.165, 1.54) is 7.14 Å². The Morgan fingerprint density at radius 2 is 1.10 bits per heavy atom. The minimum Gasteiger partial charge on any atom is -0.490 e. The number of ether oxygens (including phenoxy) is 3. The summed E-state index contributed by atoms with van der Waals surface area (Å²) < 4.78 is 23.0. The fourth-order valence-electron chi connectivity index (χ4n) is 2.81. The minimum atomic E-state index is -0.404. The monoisotopic (exact) mass is 747 g/mol. The summed E-state index contributed by atoms with van der Waals surface area (Å²) in [7, 11) is 1.64. The Labute approximate surface area is 219 Å². The molecule has 0 aliphatic heterocycles. The van der Waals surface area contributed by atoms with Crippen LogP contribution in [0, 0.1) is 14.3 Å². The summed E-state index contributed by atoms with van der Waals surface area (Å²) in [5, 5.41) is 0. The molecule has 0 unspecified atom stereocenters. The van der Waals surface area contributed by atoms with Gasteiger partial charge in [-0.15, -0.1) is 0 Å². The SMILES string of the molecule is COc1c(Oc2ccc(I)cc2)cc([I+]c2ccccc2)cc1Oc1ccc(I)cc1. The van der Waals surface area contributed by atoms with Gasteiger partial charge in [-0.25, -0.2) is 0 Å². The first-order valence-electron chi connectivity index (χ1n) is 9.39. The third kappa shape index (κ3) is 6.26. The first kappa shape index (κ1) is 22.7. The molecule has 0 fully saturated rings. The van der Waals surface area contributed by atoms with E-state index in [4.69, 9.17) is 14.2 Å². The maximum absolute atomic E-state index is 6.24. The normalized spacial score (nSPS) is 10.5. The highest BCUT2D eigenvalue weighted by Crippen LogP contribution is 2.41. The molecule has 4 aromatic carbocycles. The maximum Gasteiger partial charge on any atom is 0.358 e. The zero-order valence-electron chi connectivity index (χ0n) is 16.5. The van der Waals surface area contributed by atoms with Crippen LogP contribution in [0.25, 0.3) is 0 Å². The van der Waals surface area contributed by atoms with Crippen molar-refractivity contribution < 1.29 is 35.4 Å². The van der Waals surface area contributed by atoms with E-state index < -0.39 is 21.2 Å². The highest BCUT2D eigenvalue weighted by atomic mass is 127. The van der Waals surface area contributed by atoms with Crippen LogP contribution >= 0.6 is 45.2 Å². The molecule has 31 heavy (non-hydrogen) atoms. The number of halogens is 3. The Morgan fingerprint density at radius 3 is 1.55 bits per heavy atom. The Morgan fingerprint density at radius 1 is 0.613 bits per heavy atom.